The van der Waals surface area contributed by atoms with Crippen LogP contribution in [0.4, 0.5) is 5.95 Å². The molecule has 2 rings (SSSR count). The van der Waals surface area contributed by atoms with Gasteiger partial charge in [0.2, 0.25) is 5.95 Å². The Labute approximate surface area is 99.3 Å². The molecule has 1 aromatic heterocycles. The highest BCUT2D eigenvalue weighted by atomic mass is 32.1. The Morgan fingerprint density at radius 3 is 2.94 bits per heavy atom. The highest BCUT2D eigenvalue weighted by Gasteiger charge is 2.30. The number of hydrogen-bond acceptors (Lipinski definition) is 5. The van der Waals surface area contributed by atoms with Crippen molar-refractivity contribution in [3.63, 3.8) is 0 Å². The fourth-order valence-electron chi connectivity index (χ4n) is 1.56. The summed E-state index contributed by atoms with van der Waals surface area (Å²) in [5, 5.41) is 9.01. The summed E-state index contributed by atoms with van der Waals surface area (Å²) in [4.78, 5) is 10.7. The van der Waals surface area contributed by atoms with Gasteiger partial charge >= 0.3 is 0 Å². The average molecular weight is 238 g/mol. The summed E-state index contributed by atoms with van der Waals surface area (Å²) < 4.78 is 0. The van der Waals surface area contributed by atoms with E-state index in [1.165, 1.54) is 0 Å². The van der Waals surface area contributed by atoms with E-state index in [0.29, 0.717) is 24.2 Å². The summed E-state index contributed by atoms with van der Waals surface area (Å²) in [5.41, 5.74) is 6.09. The molecular weight excluding hydrogens is 224 g/mol. The lowest BCUT2D eigenvalue weighted by Gasteiger charge is -2.21. The Morgan fingerprint density at radius 2 is 2.38 bits per heavy atom. The minimum absolute atomic E-state index is 0.0944. The number of aromatic nitrogens is 2. The Bertz CT molecular complexity index is 394. The molecule has 1 aliphatic carbocycles. The molecule has 5 nitrogen and oxygen atoms in total. The van der Waals surface area contributed by atoms with Gasteiger partial charge in [-0.15, -0.1) is 0 Å². The number of rotatable bonds is 5. The van der Waals surface area contributed by atoms with Gasteiger partial charge in [0.05, 0.1) is 6.61 Å². The molecule has 0 unspecified atom stereocenters. The maximum absolute atomic E-state index is 9.01. The molecule has 0 aliphatic heterocycles. The van der Waals surface area contributed by atoms with Gasteiger partial charge in [-0.25, -0.2) is 9.97 Å². The minimum atomic E-state index is 0.0944. The predicted octanol–water partition coefficient (Wildman–Crippen LogP) is 0.0719. The van der Waals surface area contributed by atoms with E-state index in [0.717, 1.165) is 12.8 Å². The second-order valence-electron chi connectivity index (χ2n) is 3.75. The zero-order valence-electron chi connectivity index (χ0n) is 8.83. The number of nitrogens with two attached hydrogens (primary N) is 1. The largest absolute Gasteiger partial charge is 0.395 e. The first-order valence-electron chi connectivity index (χ1n) is 5.22. The highest BCUT2D eigenvalue weighted by molar-refractivity contribution is 7.80. The van der Waals surface area contributed by atoms with Gasteiger partial charge in [0.25, 0.3) is 0 Å². The molecule has 6 heteroatoms. The topological polar surface area (TPSA) is 75.3 Å². The van der Waals surface area contributed by atoms with E-state index in [4.69, 9.17) is 23.1 Å². The Hall–Kier alpha value is -1.27. The molecule has 0 radical (unpaired) electrons. The molecule has 0 amide bonds. The highest BCUT2D eigenvalue weighted by Crippen LogP contribution is 2.29. The summed E-state index contributed by atoms with van der Waals surface area (Å²) in [6.07, 6.45) is 3.89. The fourth-order valence-corrected chi connectivity index (χ4v) is 1.68. The van der Waals surface area contributed by atoms with E-state index in [2.05, 4.69) is 9.97 Å². The van der Waals surface area contributed by atoms with Crippen LogP contribution < -0.4 is 10.6 Å². The van der Waals surface area contributed by atoms with Crippen LogP contribution in [0.1, 0.15) is 18.5 Å². The molecule has 0 aromatic carbocycles. The first-order chi connectivity index (χ1) is 7.72. The molecule has 1 heterocycles. The van der Waals surface area contributed by atoms with Gasteiger partial charge in [-0.3, -0.25) is 0 Å². The van der Waals surface area contributed by atoms with Gasteiger partial charge in [0.15, 0.2) is 0 Å². The van der Waals surface area contributed by atoms with Crippen molar-refractivity contribution in [3.05, 3.63) is 18.0 Å². The van der Waals surface area contributed by atoms with Gasteiger partial charge in [0, 0.05) is 18.8 Å². The Balaban J connectivity index is 2.22. The lowest BCUT2D eigenvalue weighted by atomic mass is 10.4. The third-order valence-electron chi connectivity index (χ3n) is 2.48. The zero-order valence-corrected chi connectivity index (χ0v) is 9.65. The van der Waals surface area contributed by atoms with Crippen molar-refractivity contribution < 1.29 is 5.11 Å². The van der Waals surface area contributed by atoms with E-state index >= 15 is 0 Å². The van der Waals surface area contributed by atoms with Crippen molar-refractivity contribution in [1.29, 1.82) is 0 Å². The lowest BCUT2D eigenvalue weighted by Crippen LogP contribution is -2.31. The average Bonchev–Trinajstić information content (AvgIpc) is 3.10. The number of hydrogen-bond donors (Lipinski definition) is 2. The van der Waals surface area contributed by atoms with Crippen molar-refractivity contribution in [1.82, 2.24) is 9.97 Å². The van der Waals surface area contributed by atoms with Gasteiger partial charge in [0.1, 0.15) is 10.7 Å². The maximum atomic E-state index is 9.01. The van der Waals surface area contributed by atoms with Crippen molar-refractivity contribution in [3.8, 4) is 0 Å². The van der Waals surface area contributed by atoms with Crippen LogP contribution >= 0.6 is 12.2 Å². The second-order valence-corrected chi connectivity index (χ2v) is 4.19. The molecule has 3 N–H and O–H groups in total. The Kier molecular flexibility index (Phi) is 3.31. The molecule has 16 heavy (non-hydrogen) atoms. The zero-order chi connectivity index (χ0) is 11.5. The molecular formula is C10H14N4OS. The van der Waals surface area contributed by atoms with Gasteiger partial charge in [-0.1, -0.05) is 12.2 Å². The number of anilines is 1. The van der Waals surface area contributed by atoms with Crippen molar-refractivity contribution >= 4 is 23.2 Å². The van der Waals surface area contributed by atoms with Crippen LogP contribution in [0.15, 0.2) is 12.3 Å². The summed E-state index contributed by atoms with van der Waals surface area (Å²) >= 11 is 4.87. The van der Waals surface area contributed by atoms with Crippen molar-refractivity contribution in [2.45, 2.75) is 18.9 Å². The molecule has 0 spiro atoms. The Morgan fingerprint density at radius 1 is 1.62 bits per heavy atom. The molecule has 0 saturated heterocycles. The summed E-state index contributed by atoms with van der Waals surface area (Å²) in [7, 11) is 0. The molecule has 0 bridgehead atoms. The molecule has 86 valence electrons. The number of aliphatic hydroxyl groups is 1. The maximum Gasteiger partial charge on any atom is 0.226 e. The normalized spacial score (nSPS) is 14.8. The van der Waals surface area contributed by atoms with Crippen molar-refractivity contribution in [2.24, 2.45) is 5.73 Å². The van der Waals surface area contributed by atoms with Crippen LogP contribution in [0.2, 0.25) is 0 Å². The fraction of sp³-hybridized carbons (Fsp3) is 0.500. The standard InChI is InChI=1S/C10H14N4OS/c11-9(16)8-3-4-12-10(13-8)14(5-6-15)7-1-2-7/h3-4,7,15H,1-2,5-6H2,(H2,11,16). The van der Waals surface area contributed by atoms with Crippen LogP contribution in [0.5, 0.6) is 0 Å². The number of thiocarbonyl (C=S) groups is 1. The molecule has 0 atom stereocenters. The smallest absolute Gasteiger partial charge is 0.226 e. The lowest BCUT2D eigenvalue weighted by molar-refractivity contribution is 0.300. The number of aliphatic hydroxyl groups excluding tert-OH is 1. The van der Waals surface area contributed by atoms with Gasteiger partial charge in [-0.2, -0.15) is 0 Å². The van der Waals surface area contributed by atoms with E-state index in [1.54, 1.807) is 12.3 Å². The first kappa shape index (κ1) is 11.2. The number of nitrogens with zero attached hydrogens (tertiary/aromatic N) is 3. The molecule has 1 fully saturated rings. The summed E-state index contributed by atoms with van der Waals surface area (Å²) in [6, 6.07) is 2.14. The van der Waals surface area contributed by atoms with Crippen LogP contribution in [0.3, 0.4) is 0 Å². The van der Waals surface area contributed by atoms with Crippen molar-refractivity contribution in [2.75, 3.05) is 18.1 Å². The van der Waals surface area contributed by atoms with E-state index < -0.39 is 0 Å². The first-order valence-corrected chi connectivity index (χ1v) is 5.63. The molecule has 1 aromatic rings. The molecule has 1 saturated carbocycles. The second kappa shape index (κ2) is 4.71. The monoisotopic (exact) mass is 238 g/mol. The van der Waals surface area contributed by atoms with E-state index in [-0.39, 0.29) is 11.6 Å². The van der Waals surface area contributed by atoms with Gasteiger partial charge < -0.3 is 15.7 Å². The SMILES string of the molecule is NC(=S)c1ccnc(N(CCO)C2CC2)n1. The minimum Gasteiger partial charge on any atom is -0.395 e. The third-order valence-corrected chi connectivity index (χ3v) is 2.69. The summed E-state index contributed by atoms with van der Waals surface area (Å²) in [5.74, 6) is 0.599. The van der Waals surface area contributed by atoms with Gasteiger partial charge in [-0.05, 0) is 18.9 Å². The van der Waals surface area contributed by atoms with Crippen LogP contribution in [-0.4, -0.2) is 39.3 Å². The van der Waals surface area contributed by atoms with Crippen LogP contribution in [0.25, 0.3) is 0 Å². The third kappa shape index (κ3) is 2.45. The molecule has 1 aliphatic rings. The van der Waals surface area contributed by atoms with E-state index in [1.807, 2.05) is 4.90 Å². The quantitative estimate of drug-likeness (QED) is 0.707. The van der Waals surface area contributed by atoms with E-state index in [9.17, 15) is 0 Å². The van der Waals surface area contributed by atoms with Crippen LogP contribution in [0, 0.1) is 0 Å². The van der Waals surface area contributed by atoms with Crippen LogP contribution in [-0.2, 0) is 0 Å². The summed E-state index contributed by atoms with van der Waals surface area (Å²) in [6.45, 7) is 0.641. The predicted molar refractivity (Wildman–Crippen MR) is 65.4 cm³/mol.